The molecular formula is C22H33N3O5. The predicted octanol–water partition coefficient (Wildman–Crippen LogP) is 2.25. The van der Waals surface area contributed by atoms with Crippen molar-refractivity contribution in [3.05, 3.63) is 29.8 Å². The van der Waals surface area contributed by atoms with Gasteiger partial charge in [0.05, 0.1) is 0 Å². The molecule has 0 atom stereocenters. The Morgan fingerprint density at radius 3 is 2.30 bits per heavy atom. The minimum Gasteiger partial charge on any atom is -0.484 e. The number of nitrogens with zero attached hydrogens (tertiary/aromatic N) is 1. The maximum atomic E-state index is 12.3. The van der Waals surface area contributed by atoms with Crippen molar-refractivity contribution in [3.63, 3.8) is 0 Å². The number of carbonyl (C=O) groups is 3. The maximum absolute atomic E-state index is 12.3. The van der Waals surface area contributed by atoms with Crippen LogP contribution >= 0.6 is 0 Å². The Balaban J connectivity index is 1.60. The largest absolute Gasteiger partial charge is 0.484 e. The average Bonchev–Trinajstić information content (AvgIpc) is 2.69. The molecule has 0 radical (unpaired) electrons. The molecule has 1 aromatic rings. The van der Waals surface area contributed by atoms with Gasteiger partial charge in [0.1, 0.15) is 17.9 Å². The summed E-state index contributed by atoms with van der Waals surface area (Å²) < 4.78 is 10.6. The minimum atomic E-state index is -0.596. The third-order valence-electron chi connectivity index (χ3n) is 4.73. The quantitative estimate of drug-likeness (QED) is 0.707. The van der Waals surface area contributed by atoms with Crippen molar-refractivity contribution in [1.82, 2.24) is 15.5 Å². The first kappa shape index (κ1) is 23.5. The van der Waals surface area contributed by atoms with E-state index in [1.54, 1.807) is 25.7 Å². The van der Waals surface area contributed by atoms with Gasteiger partial charge in [0.2, 0.25) is 5.91 Å². The molecule has 0 spiro atoms. The molecule has 30 heavy (non-hydrogen) atoms. The van der Waals surface area contributed by atoms with Crippen LogP contribution in [0.4, 0.5) is 4.79 Å². The van der Waals surface area contributed by atoms with Crippen molar-refractivity contribution >= 4 is 17.9 Å². The smallest absolute Gasteiger partial charge is 0.408 e. The zero-order valence-electron chi connectivity index (χ0n) is 18.3. The Morgan fingerprint density at radius 1 is 1.07 bits per heavy atom. The van der Waals surface area contributed by atoms with E-state index in [1.165, 1.54) is 0 Å². The summed E-state index contributed by atoms with van der Waals surface area (Å²) in [7, 11) is 0. The highest BCUT2D eigenvalue weighted by Crippen LogP contribution is 2.16. The van der Waals surface area contributed by atoms with Gasteiger partial charge in [-0.05, 0) is 58.6 Å². The second-order valence-electron chi connectivity index (χ2n) is 8.59. The molecule has 1 heterocycles. The van der Waals surface area contributed by atoms with Crippen LogP contribution in [0.25, 0.3) is 0 Å². The molecular weight excluding hydrogens is 386 g/mol. The van der Waals surface area contributed by atoms with Crippen LogP contribution < -0.4 is 15.4 Å². The van der Waals surface area contributed by atoms with Gasteiger partial charge in [-0.1, -0.05) is 17.7 Å². The number of nitrogens with one attached hydrogen (secondary N) is 2. The molecule has 8 heteroatoms. The van der Waals surface area contributed by atoms with E-state index in [4.69, 9.17) is 9.47 Å². The van der Waals surface area contributed by atoms with Crippen molar-refractivity contribution in [2.45, 2.75) is 46.1 Å². The van der Waals surface area contributed by atoms with Gasteiger partial charge in [-0.2, -0.15) is 0 Å². The molecule has 2 N–H and O–H groups in total. The van der Waals surface area contributed by atoms with Gasteiger partial charge >= 0.3 is 6.09 Å². The number of aryl methyl sites for hydroxylation is 1. The molecule has 1 saturated heterocycles. The molecule has 0 saturated carbocycles. The number of carbonyl (C=O) groups excluding carboxylic acids is 3. The van der Waals surface area contributed by atoms with Gasteiger partial charge in [-0.25, -0.2) is 4.79 Å². The number of benzene rings is 1. The highest BCUT2D eigenvalue weighted by molar-refractivity contribution is 5.82. The minimum absolute atomic E-state index is 0.0171. The fourth-order valence-electron chi connectivity index (χ4n) is 3.05. The normalized spacial score (nSPS) is 14.7. The summed E-state index contributed by atoms with van der Waals surface area (Å²) in [5.74, 6) is 0.698. The number of likely N-dealkylation sites (tertiary alicyclic amines) is 1. The third kappa shape index (κ3) is 8.71. The van der Waals surface area contributed by atoms with Crippen molar-refractivity contribution in [3.8, 4) is 5.75 Å². The lowest BCUT2D eigenvalue weighted by molar-refractivity contribution is -0.132. The monoisotopic (exact) mass is 419 g/mol. The second-order valence-corrected chi connectivity index (χ2v) is 8.59. The Morgan fingerprint density at radius 2 is 1.70 bits per heavy atom. The summed E-state index contributed by atoms with van der Waals surface area (Å²) in [6.45, 7) is 8.99. The highest BCUT2D eigenvalue weighted by Gasteiger charge is 2.24. The summed E-state index contributed by atoms with van der Waals surface area (Å²) in [6, 6.07) is 7.55. The molecule has 0 bridgehead atoms. The molecule has 1 aliphatic rings. The van der Waals surface area contributed by atoms with Crippen molar-refractivity contribution < 1.29 is 23.9 Å². The van der Waals surface area contributed by atoms with Gasteiger partial charge in [0.25, 0.3) is 5.91 Å². The second kappa shape index (κ2) is 10.8. The van der Waals surface area contributed by atoms with Crippen LogP contribution in [0.3, 0.4) is 0 Å². The van der Waals surface area contributed by atoms with E-state index < -0.39 is 11.7 Å². The van der Waals surface area contributed by atoms with Crippen molar-refractivity contribution in [2.75, 3.05) is 32.8 Å². The number of hydrogen-bond donors (Lipinski definition) is 2. The van der Waals surface area contributed by atoms with Gasteiger partial charge in [0.15, 0.2) is 6.61 Å². The van der Waals surface area contributed by atoms with E-state index in [2.05, 4.69) is 10.6 Å². The molecule has 8 nitrogen and oxygen atoms in total. The lowest BCUT2D eigenvalue weighted by Gasteiger charge is -2.32. The Kier molecular flexibility index (Phi) is 8.50. The van der Waals surface area contributed by atoms with E-state index in [0.717, 1.165) is 18.4 Å². The first-order chi connectivity index (χ1) is 14.1. The molecule has 0 aromatic heterocycles. The van der Waals surface area contributed by atoms with Crippen molar-refractivity contribution in [1.29, 1.82) is 0 Å². The van der Waals surface area contributed by atoms with E-state index >= 15 is 0 Å². The molecule has 3 amide bonds. The fraction of sp³-hybridized carbons (Fsp3) is 0.591. The van der Waals surface area contributed by atoms with Crippen molar-refractivity contribution in [2.24, 2.45) is 5.92 Å². The molecule has 1 aromatic carbocycles. The summed E-state index contributed by atoms with van der Waals surface area (Å²) in [5, 5.41) is 5.39. The number of rotatable bonds is 7. The number of ether oxygens (including phenoxy) is 2. The Hall–Kier alpha value is -2.77. The molecule has 1 fully saturated rings. The predicted molar refractivity (Wildman–Crippen MR) is 113 cm³/mol. The molecule has 166 valence electrons. The van der Waals surface area contributed by atoms with E-state index in [9.17, 15) is 14.4 Å². The summed E-state index contributed by atoms with van der Waals surface area (Å²) in [5.41, 5.74) is 0.540. The van der Waals surface area contributed by atoms with Crippen LogP contribution in [0.1, 0.15) is 39.2 Å². The SMILES string of the molecule is Cc1ccc(OCC(=O)NCC2CCN(C(=O)CNC(=O)OC(C)(C)C)CC2)cc1. The zero-order chi connectivity index (χ0) is 22.1. The molecule has 1 aliphatic heterocycles. The van der Waals surface area contributed by atoms with Gasteiger partial charge in [-0.3, -0.25) is 9.59 Å². The topological polar surface area (TPSA) is 97.0 Å². The third-order valence-corrected chi connectivity index (χ3v) is 4.73. The summed E-state index contributed by atoms with van der Waals surface area (Å²) in [4.78, 5) is 37.6. The first-order valence-corrected chi connectivity index (χ1v) is 10.3. The molecule has 2 rings (SSSR count). The van der Waals surface area contributed by atoms with Gasteiger partial charge < -0.3 is 25.0 Å². The lowest BCUT2D eigenvalue weighted by atomic mass is 9.96. The average molecular weight is 420 g/mol. The fourth-order valence-corrected chi connectivity index (χ4v) is 3.05. The molecule has 0 aliphatic carbocycles. The highest BCUT2D eigenvalue weighted by atomic mass is 16.6. The number of alkyl carbamates (subject to hydrolysis) is 1. The zero-order valence-corrected chi connectivity index (χ0v) is 18.3. The first-order valence-electron chi connectivity index (χ1n) is 10.3. The summed E-state index contributed by atoms with van der Waals surface area (Å²) >= 11 is 0. The van der Waals surface area contributed by atoms with Crippen LogP contribution in [-0.2, 0) is 14.3 Å². The van der Waals surface area contributed by atoms with Crippen LogP contribution in [0.5, 0.6) is 5.75 Å². The Labute approximate surface area is 178 Å². The number of hydrogen-bond acceptors (Lipinski definition) is 5. The van der Waals surface area contributed by atoms with Crippen LogP contribution in [0.15, 0.2) is 24.3 Å². The van der Waals surface area contributed by atoms with Crippen LogP contribution in [0.2, 0.25) is 0 Å². The van der Waals surface area contributed by atoms with Crippen LogP contribution in [-0.4, -0.2) is 61.2 Å². The molecule has 0 unspecified atom stereocenters. The Bertz CT molecular complexity index is 719. The summed E-state index contributed by atoms with van der Waals surface area (Å²) in [6.07, 6.45) is 1.01. The lowest BCUT2D eigenvalue weighted by Crippen LogP contribution is -2.46. The van der Waals surface area contributed by atoms with E-state index in [1.807, 2.05) is 31.2 Å². The van der Waals surface area contributed by atoms with E-state index in [0.29, 0.717) is 31.3 Å². The van der Waals surface area contributed by atoms with Gasteiger partial charge in [0, 0.05) is 19.6 Å². The van der Waals surface area contributed by atoms with E-state index in [-0.39, 0.29) is 25.0 Å². The number of amides is 3. The van der Waals surface area contributed by atoms with Gasteiger partial charge in [-0.15, -0.1) is 0 Å². The van der Waals surface area contributed by atoms with Crippen LogP contribution in [0, 0.1) is 12.8 Å². The maximum Gasteiger partial charge on any atom is 0.408 e. The standard InChI is InChI=1S/C22H33N3O5/c1-16-5-7-18(8-6-16)29-15-19(26)23-13-17-9-11-25(12-10-17)20(27)14-24-21(28)30-22(2,3)4/h5-8,17H,9-15H2,1-4H3,(H,23,26)(H,24,28). The number of piperidine rings is 1.